The zero-order chi connectivity index (χ0) is 10.7. The van der Waals surface area contributed by atoms with Crippen molar-refractivity contribution in [3.8, 4) is 0 Å². The van der Waals surface area contributed by atoms with E-state index >= 15 is 0 Å². The minimum absolute atomic E-state index is 0.0733. The van der Waals surface area contributed by atoms with Crippen molar-refractivity contribution in [3.63, 3.8) is 0 Å². The number of ether oxygens (including phenoxy) is 1. The third-order valence-electron chi connectivity index (χ3n) is 4.46. The number of rotatable bonds is 0. The molecule has 1 heterocycles. The third-order valence-corrected chi connectivity index (χ3v) is 4.46. The molecule has 1 saturated heterocycles. The predicted molar refractivity (Wildman–Crippen MR) is 49.9 cm³/mol. The van der Waals surface area contributed by atoms with Gasteiger partial charge in [0.2, 0.25) is 0 Å². The molecule has 4 rings (SSSR count). The molecule has 4 nitrogen and oxygen atoms in total. The van der Waals surface area contributed by atoms with Gasteiger partial charge in [-0.1, -0.05) is 0 Å². The van der Waals surface area contributed by atoms with Crippen molar-refractivity contribution in [1.82, 2.24) is 0 Å². The fraction of sp³-hybridized carbons (Fsp3) is 0.818. The van der Waals surface area contributed by atoms with Crippen LogP contribution in [-0.4, -0.2) is 29.1 Å². The lowest BCUT2D eigenvalue weighted by Crippen LogP contribution is -2.67. The monoisotopic (exact) mass is 210 g/mol. The molecular formula is C11H14O4. The first kappa shape index (κ1) is 9.33. The van der Waals surface area contributed by atoms with Gasteiger partial charge in [0.05, 0.1) is 12.0 Å². The molecule has 0 aromatic heterocycles. The van der Waals surface area contributed by atoms with Gasteiger partial charge in [-0.2, -0.15) is 0 Å². The number of Topliss-reactive ketones (excluding diaryl/α,β-unsaturated/α-hetero) is 1. The van der Waals surface area contributed by atoms with Gasteiger partial charge in [0, 0.05) is 6.42 Å². The zero-order valence-corrected chi connectivity index (χ0v) is 8.49. The van der Waals surface area contributed by atoms with Crippen molar-refractivity contribution < 1.29 is 19.4 Å². The van der Waals surface area contributed by atoms with Crippen LogP contribution in [0.2, 0.25) is 0 Å². The Kier molecular flexibility index (Phi) is 1.63. The Labute approximate surface area is 87.6 Å². The van der Waals surface area contributed by atoms with Gasteiger partial charge in [-0.05, 0) is 31.6 Å². The first-order chi connectivity index (χ1) is 7.08. The molecule has 0 radical (unpaired) electrons. The van der Waals surface area contributed by atoms with Crippen LogP contribution in [-0.2, 0) is 14.3 Å². The number of esters is 1. The highest BCUT2D eigenvalue weighted by atomic mass is 16.6. The van der Waals surface area contributed by atoms with E-state index in [1.54, 1.807) is 0 Å². The molecule has 0 aromatic carbocycles. The van der Waals surface area contributed by atoms with E-state index in [1.165, 1.54) is 0 Å². The molecule has 3 aliphatic carbocycles. The largest absolute Gasteiger partial charge is 0.463 e. The maximum atomic E-state index is 12.0. The van der Waals surface area contributed by atoms with Gasteiger partial charge in [-0.15, -0.1) is 0 Å². The molecule has 1 N–H and O–H groups in total. The second kappa shape index (κ2) is 2.61. The molecule has 1 spiro atoms. The SMILES string of the molecule is O=C1C[C@@H]2CC[C@]13CCOC(=O)[C@@]3(O)C2. The molecule has 4 aliphatic rings. The van der Waals surface area contributed by atoms with Crippen LogP contribution in [0.25, 0.3) is 0 Å². The topological polar surface area (TPSA) is 63.6 Å². The van der Waals surface area contributed by atoms with Crippen LogP contribution in [0.1, 0.15) is 32.1 Å². The van der Waals surface area contributed by atoms with Crippen LogP contribution in [0.5, 0.6) is 0 Å². The van der Waals surface area contributed by atoms with E-state index in [9.17, 15) is 14.7 Å². The number of aliphatic hydroxyl groups is 1. The Morgan fingerprint density at radius 2 is 2.13 bits per heavy atom. The molecule has 0 unspecified atom stereocenters. The summed E-state index contributed by atoms with van der Waals surface area (Å²) in [4.78, 5) is 23.7. The van der Waals surface area contributed by atoms with Crippen molar-refractivity contribution >= 4 is 11.8 Å². The van der Waals surface area contributed by atoms with Crippen LogP contribution in [0, 0.1) is 11.3 Å². The van der Waals surface area contributed by atoms with Gasteiger partial charge in [0.15, 0.2) is 5.60 Å². The number of hydrogen-bond donors (Lipinski definition) is 1. The van der Waals surface area contributed by atoms with Crippen LogP contribution < -0.4 is 0 Å². The maximum Gasteiger partial charge on any atom is 0.339 e. The highest BCUT2D eigenvalue weighted by Crippen LogP contribution is 2.57. The first-order valence-electron chi connectivity index (χ1n) is 5.51. The number of ketones is 1. The fourth-order valence-electron chi connectivity index (χ4n) is 3.56. The van der Waals surface area contributed by atoms with Gasteiger partial charge >= 0.3 is 5.97 Å². The van der Waals surface area contributed by atoms with Crippen molar-refractivity contribution in [1.29, 1.82) is 0 Å². The van der Waals surface area contributed by atoms with E-state index in [4.69, 9.17) is 4.74 Å². The van der Waals surface area contributed by atoms with Crippen LogP contribution in [0.4, 0.5) is 0 Å². The Bertz CT molecular complexity index is 346. The molecule has 1 aliphatic heterocycles. The Hall–Kier alpha value is -0.900. The summed E-state index contributed by atoms with van der Waals surface area (Å²) in [6.07, 6.45) is 3.07. The number of fused-ring (bicyclic) bond motifs is 2. The molecular weight excluding hydrogens is 196 g/mol. The average Bonchev–Trinajstić information content (AvgIpc) is 2.19. The molecule has 0 aromatic rings. The van der Waals surface area contributed by atoms with Crippen LogP contribution in [0.3, 0.4) is 0 Å². The van der Waals surface area contributed by atoms with E-state index < -0.39 is 17.0 Å². The van der Waals surface area contributed by atoms with E-state index in [1.807, 2.05) is 0 Å². The summed E-state index contributed by atoms with van der Waals surface area (Å²) in [5.74, 6) is -0.328. The van der Waals surface area contributed by atoms with Crippen molar-refractivity contribution in [2.75, 3.05) is 6.61 Å². The van der Waals surface area contributed by atoms with E-state index in [2.05, 4.69) is 0 Å². The lowest BCUT2D eigenvalue weighted by Gasteiger charge is -2.56. The number of hydrogen-bond acceptors (Lipinski definition) is 4. The molecule has 15 heavy (non-hydrogen) atoms. The summed E-state index contributed by atoms with van der Waals surface area (Å²) < 4.78 is 4.90. The number of carbonyl (C=O) groups is 2. The molecule has 4 fully saturated rings. The van der Waals surface area contributed by atoms with Gasteiger partial charge in [0.25, 0.3) is 0 Å². The van der Waals surface area contributed by atoms with Gasteiger partial charge in [-0.25, -0.2) is 4.79 Å². The van der Waals surface area contributed by atoms with Gasteiger partial charge in [0.1, 0.15) is 5.78 Å². The van der Waals surface area contributed by atoms with Crippen LogP contribution in [0.15, 0.2) is 0 Å². The molecule has 82 valence electrons. The molecule has 4 heteroatoms. The average molecular weight is 210 g/mol. The summed E-state index contributed by atoms with van der Waals surface area (Å²) >= 11 is 0. The Balaban J connectivity index is 2.12. The number of cyclic esters (lactones) is 1. The maximum absolute atomic E-state index is 12.0. The normalized spacial score (nSPS) is 48.7. The minimum atomic E-state index is -1.51. The molecule has 0 amide bonds. The second-order valence-corrected chi connectivity index (χ2v) is 5.06. The van der Waals surface area contributed by atoms with Crippen molar-refractivity contribution in [3.05, 3.63) is 0 Å². The quantitative estimate of drug-likeness (QED) is 0.589. The summed E-state index contributed by atoms with van der Waals surface area (Å²) in [7, 11) is 0. The van der Waals surface area contributed by atoms with Crippen molar-refractivity contribution in [2.45, 2.75) is 37.7 Å². The summed E-state index contributed by atoms with van der Waals surface area (Å²) in [5, 5.41) is 10.4. The fourth-order valence-corrected chi connectivity index (χ4v) is 3.56. The standard InChI is InChI=1S/C11H14O4/c12-8-5-7-1-2-10(8)3-4-15-9(13)11(10,14)6-7/h7,14H,1-6H2/t7-,10-,11-/m0/s1. The molecule has 3 atom stereocenters. The summed E-state index contributed by atoms with van der Waals surface area (Å²) in [6, 6.07) is 0. The lowest BCUT2D eigenvalue weighted by atomic mass is 9.50. The lowest BCUT2D eigenvalue weighted by molar-refractivity contribution is -0.221. The van der Waals surface area contributed by atoms with E-state index in [0.717, 1.165) is 6.42 Å². The highest BCUT2D eigenvalue weighted by molar-refractivity contribution is 5.97. The summed E-state index contributed by atoms with van der Waals surface area (Å²) in [5.41, 5.74) is -2.32. The number of carbonyl (C=O) groups excluding carboxylic acids is 2. The van der Waals surface area contributed by atoms with Gasteiger partial charge in [-0.3, -0.25) is 4.79 Å². The van der Waals surface area contributed by atoms with E-state index in [-0.39, 0.29) is 18.3 Å². The predicted octanol–water partition coefficient (Wildman–Crippen LogP) is 0.424. The highest BCUT2D eigenvalue weighted by Gasteiger charge is 2.67. The minimum Gasteiger partial charge on any atom is -0.463 e. The third kappa shape index (κ3) is 0.911. The Morgan fingerprint density at radius 1 is 1.33 bits per heavy atom. The van der Waals surface area contributed by atoms with Gasteiger partial charge < -0.3 is 9.84 Å². The van der Waals surface area contributed by atoms with Crippen LogP contribution >= 0.6 is 0 Å². The zero-order valence-electron chi connectivity index (χ0n) is 8.49. The second-order valence-electron chi connectivity index (χ2n) is 5.06. The summed E-state index contributed by atoms with van der Waals surface area (Å²) in [6.45, 7) is 0.275. The molecule has 3 saturated carbocycles. The van der Waals surface area contributed by atoms with E-state index in [0.29, 0.717) is 25.7 Å². The Morgan fingerprint density at radius 3 is 2.80 bits per heavy atom. The van der Waals surface area contributed by atoms with Crippen molar-refractivity contribution in [2.24, 2.45) is 11.3 Å². The first-order valence-corrected chi connectivity index (χ1v) is 5.51. The molecule has 2 bridgehead atoms. The smallest absolute Gasteiger partial charge is 0.339 e.